The first-order valence-corrected chi connectivity index (χ1v) is 9.63. The number of carbonyl (C=O) groups excluding carboxylic acids is 1. The Bertz CT molecular complexity index is 744. The largest absolute Gasteiger partial charge is 0.300 e. The third kappa shape index (κ3) is 5.24. The quantitative estimate of drug-likeness (QED) is 0.545. The maximum absolute atomic E-state index is 12.2. The third-order valence-corrected chi connectivity index (χ3v) is 5.23. The van der Waals surface area contributed by atoms with Crippen molar-refractivity contribution in [3.05, 3.63) is 81.9 Å². The van der Waals surface area contributed by atoms with Crippen LogP contribution in [0.1, 0.15) is 24.5 Å². The van der Waals surface area contributed by atoms with E-state index in [-0.39, 0.29) is 30.2 Å². The van der Waals surface area contributed by atoms with E-state index in [4.69, 9.17) is 0 Å². The fourth-order valence-electron chi connectivity index (χ4n) is 4.03. The molecule has 0 amide bonds. The second-order valence-corrected chi connectivity index (χ2v) is 7.75. The van der Waals surface area contributed by atoms with Gasteiger partial charge >= 0.3 is 0 Å². The lowest BCUT2D eigenvalue weighted by Crippen LogP contribution is -2.53. The fourth-order valence-corrected chi connectivity index (χ4v) is 4.03. The molecule has 1 aliphatic rings. The van der Waals surface area contributed by atoms with Crippen LogP contribution in [0, 0.1) is 10.1 Å². The standard InChI is InChI=1S/C22H27N3O3/c1-19(26)14-22(25(27)28)17-23(15-20-8-4-2-5-9-20)12-13-24(18-22)16-21-10-6-3-7-11-21/h2-11H,12-18H2,1H3. The summed E-state index contributed by atoms with van der Waals surface area (Å²) in [6.07, 6.45) is -0.0451. The minimum absolute atomic E-state index is 0.0451. The van der Waals surface area contributed by atoms with Crippen LogP contribution in [-0.2, 0) is 17.9 Å². The Kier molecular flexibility index (Phi) is 6.54. The van der Waals surface area contributed by atoms with Crippen molar-refractivity contribution in [2.45, 2.75) is 32.0 Å². The van der Waals surface area contributed by atoms with Crippen LogP contribution in [0.2, 0.25) is 0 Å². The van der Waals surface area contributed by atoms with Gasteiger partial charge in [-0.3, -0.25) is 24.7 Å². The van der Waals surface area contributed by atoms with E-state index in [0.717, 1.165) is 24.2 Å². The molecular formula is C22H27N3O3. The molecule has 0 aromatic heterocycles. The molecule has 0 saturated carbocycles. The Morgan fingerprint density at radius 1 is 0.929 bits per heavy atom. The second kappa shape index (κ2) is 9.08. The third-order valence-electron chi connectivity index (χ3n) is 5.23. The zero-order chi connectivity index (χ0) is 20.0. The van der Waals surface area contributed by atoms with Gasteiger partial charge in [-0.1, -0.05) is 60.7 Å². The molecule has 1 aliphatic heterocycles. The van der Waals surface area contributed by atoms with Gasteiger partial charge in [0.1, 0.15) is 5.78 Å². The summed E-state index contributed by atoms with van der Waals surface area (Å²) in [5.41, 5.74) is 0.962. The molecular weight excluding hydrogens is 354 g/mol. The molecule has 0 atom stereocenters. The van der Waals surface area contributed by atoms with Crippen LogP contribution < -0.4 is 0 Å². The first kappa shape index (κ1) is 20.2. The second-order valence-electron chi connectivity index (χ2n) is 7.75. The molecule has 0 radical (unpaired) electrons. The molecule has 1 heterocycles. The zero-order valence-corrected chi connectivity index (χ0v) is 16.3. The van der Waals surface area contributed by atoms with E-state index in [1.807, 2.05) is 60.7 Å². The number of ketones is 1. The predicted octanol–water partition coefficient (Wildman–Crippen LogP) is 3.00. The van der Waals surface area contributed by atoms with Gasteiger partial charge in [0, 0.05) is 31.1 Å². The first-order valence-electron chi connectivity index (χ1n) is 9.63. The highest BCUT2D eigenvalue weighted by Crippen LogP contribution is 2.25. The lowest BCUT2D eigenvalue weighted by molar-refractivity contribution is -0.569. The number of carbonyl (C=O) groups is 1. The van der Waals surface area contributed by atoms with Gasteiger partial charge in [-0.05, 0) is 18.1 Å². The molecule has 0 aliphatic carbocycles. The number of Topliss-reactive ketones (excluding diaryl/α,β-unsaturated/α-hetero) is 1. The van der Waals surface area contributed by atoms with Gasteiger partial charge in [-0.25, -0.2) is 0 Å². The molecule has 2 aromatic carbocycles. The van der Waals surface area contributed by atoms with E-state index in [1.54, 1.807) is 0 Å². The number of nitro groups is 1. The van der Waals surface area contributed by atoms with E-state index in [0.29, 0.717) is 13.1 Å². The van der Waals surface area contributed by atoms with Crippen LogP contribution in [0.5, 0.6) is 0 Å². The molecule has 6 heteroatoms. The minimum atomic E-state index is -1.29. The Labute approximate surface area is 165 Å². The maximum Gasteiger partial charge on any atom is 0.253 e. The van der Waals surface area contributed by atoms with Crippen LogP contribution in [0.3, 0.4) is 0 Å². The fraction of sp³-hybridized carbons (Fsp3) is 0.409. The van der Waals surface area contributed by atoms with Crippen molar-refractivity contribution < 1.29 is 9.72 Å². The van der Waals surface area contributed by atoms with Crippen molar-refractivity contribution in [3.63, 3.8) is 0 Å². The summed E-state index contributed by atoms with van der Waals surface area (Å²) in [6, 6.07) is 20.0. The average Bonchev–Trinajstić information content (AvgIpc) is 2.83. The Morgan fingerprint density at radius 3 is 1.71 bits per heavy atom. The summed E-state index contributed by atoms with van der Waals surface area (Å²) in [5.74, 6) is -0.141. The monoisotopic (exact) mass is 381 g/mol. The Balaban J connectivity index is 1.84. The molecule has 0 N–H and O–H groups in total. The van der Waals surface area contributed by atoms with Gasteiger partial charge in [0.05, 0.1) is 19.5 Å². The van der Waals surface area contributed by atoms with Gasteiger partial charge in [0.25, 0.3) is 5.54 Å². The molecule has 0 unspecified atom stereocenters. The van der Waals surface area contributed by atoms with Gasteiger partial charge in [0.15, 0.2) is 0 Å². The van der Waals surface area contributed by atoms with Crippen molar-refractivity contribution >= 4 is 5.78 Å². The summed E-state index contributed by atoms with van der Waals surface area (Å²) in [6.45, 7) is 4.75. The number of nitrogens with zero attached hydrogens (tertiary/aromatic N) is 3. The molecule has 1 fully saturated rings. The first-order chi connectivity index (χ1) is 13.5. The van der Waals surface area contributed by atoms with Crippen molar-refractivity contribution in [2.24, 2.45) is 0 Å². The average molecular weight is 381 g/mol. The number of hydrogen-bond donors (Lipinski definition) is 0. The van der Waals surface area contributed by atoms with E-state index in [1.165, 1.54) is 6.92 Å². The summed E-state index contributed by atoms with van der Waals surface area (Å²) in [4.78, 5) is 28.1. The highest BCUT2D eigenvalue weighted by atomic mass is 16.6. The number of benzene rings is 2. The van der Waals surface area contributed by atoms with E-state index < -0.39 is 5.54 Å². The van der Waals surface area contributed by atoms with Crippen LogP contribution >= 0.6 is 0 Å². The summed E-state index contributed by atoms with van der Waals surface area (Å²) in [5, 5.41) is 12.2. The summed E-state index contributed by atoms with van der Waals surface area (Å²) in [7, 11) is 0. The highest BCUT2D eigenvalue weighted by molar-refractivity contribution is 5.76. The van der Waals surface area contributed by atoms with Crippen molar-refractivity contribution in [3.8, 4) is 0 Å². The molecule has 0 spiro atoms. The van der Waals surface area contributed by atoms with Crippen LogP contribution in [0.25, 0.3) is 0 Å². The smallest absolute Gasteiger partial charge is 0.253 e. The zero-order valence-electron chi connectivity index (χ0n) is 16.3. The van der Waals surface area contributed by atoms with Gasteiger partial charge in [-0.15, -0.1) is 0 Å². The van der Waals surface area contributed by atoms with Gasteiger partial charge < -0.3 is 0 Å². The Morgan fingerprint density at radius 2 is 1.36 bits per heavy atom. The highest BCUT2D eigenvalue weighted by Gasteiger charge is 2.48. The molecule has 148 valence electrons. The molecule has 2 aromatic rings. The number of rotatable bonds is 7. The molecule has 0 bridgehead atoms. The predicted molar refractivity (Wildman–Crippen MR) is 108 cm³/mol. The summed E-state index contributed by atoms with van der Waals surface area (Å²) >= 11 is 0. The van der Waals surface area contributed by atoms with Crippen LogP contribution in [0.15, 0.2) is 60.7 Å². The van der Waals surface area contributed by atoms with E-state index >= 15 is 0 Å². The van der Waals surface area contributed by atoms with Crippen molar-refractivity contribution in [2.75, 3.05) is 26.2 Å². The van der Waals surface area contributed by atoms with Gasteiger partial charge in [0.2, 0.25) is 0 Å². The SMILES string of the molecule is CC(=O)CC1([N+](=O)[O-])CN(Cc2ccccc2)CCN(Cc2ccccc2)C1. The lowest BCUT2D eigenvalue weighted by atomic mass is 9.92. The van der Waals surface area contributed by atoms with Crippen LogP contribution in [-0.4, -0.2) is 52.2 Å². The minimum Gasteiger partial charge on any atom is -0.300 e. The molecule has 28 heavy (non-hydrogen) atoms. The molecule has 3 rings (SSSR count). The van der Waals surface area contributed by atoms with E-state index in [2.05, 4.69) is 9.80 Å². The Hall–Kier alpha value is -2.57. The topological polar surface area (TPSA) is 66.7 Å². The van der Waals surface area contributed by atoms with Gasteiger partial charge in [-0.2, -0.15) is 0 Å². The molecule has 1 saturated heterocycles. The normalized spacial score (nSPS) is 17.8. The van der Waals surface area contributed by atoms with Crippen molar-refractivity contribution in [1.29, 1.82) is 0 Å². The van der Waals surface area contributed by atoms with Crippen LogP contribution in [0.4, 0.5) is 0 Å². The number of hydrogen-bond acceptors (Lipinski definition) is 5. The lowest BCUT2D eigenvalue weighted by Gasteiger charge is -2.30. The van der Waals surface area contributed by atoms with E-state index in [9.17, 15) is 14.9 Å². The summed E-state index contributed by atoms with van der Waals surface area (Å²) < 4.78 is 0. The van der Waals surface area contributed by atoms with Crippen molar-refractivity contribution in [1.82, 2.24) is 9.80 Å². The molecule has 6 nitrogen and oxygen atoms in total. The maximum atomic E-state index is 12.2.